The molecule has 0 saturated heterocycles. The molecule has 1 aromatic heterocycles. The summed E-state index contributed by atoms with van der Waals surface area (Å²) in [7, 11) is 0. The molecule has 33 heavy (non-hydrogen) atoms. The second-order valence-corrected chi connectivity index (χ2v) is 7.22. The third kappa shape index (κ3) is 5.50. The summed E-state index contributed by atoms with van der Waals surface area (Å²) in [6.45, 7) is 1.80. The summed E-state index contributed by atoms with van der Waals surface area (Å²) in [5.41, 5.74) is 9.50. The highest BCUT2D eigenvalue weighted by Gasteiger charge is 2.13. The van der Waals surface area contributed by atoms with Gasteiger partial charge in [-0.25, -0.2) is 14.8 Å². The van der Waals surface area contributed by atoms with Crippen molar-refractivity contribution in [2.45, 2.75) is 6.92 Å². The van der Waals surface area contributed by atoms with Gasteiger partial charge in [0.25, 0.3) is 5.91 Å². The van der Waals surface area contributed by atoms with Gasteiger partial charge in [-0.15, -0.1) is 0 Å². The number of nitrogens with two attached hydrogens (primary N) is 1. The van der Waals surface area contributed by atoms with Crippen molar-refractivity contribution in [1.82, 2.24) is 9.97 Å². The molecule has 0 aliphatic rings. The highest BCUT2D eigenvalue weighted by atomic mass is 16.6. The molecule has 0 saturated carbocycles. The summed E-state index contributed by atoms with van der Waals surface area (Å²) in [5.74, 6) is 0.151. The van der Waals surface area contributed by atoms with Crippen molar-refractivity contribution in [3.05, 3.63) is 96.3 Å². The lowest BCUT2D eigenvalue weighted by atomic mass is 10.1. The maximum atomic E-state index is 12.7. The van der Waals surface area contributed by atoms with Gasteiger partial charge in [0.05, 0.1) is 18.1 Å². The molecule has 2 amide bonds. The second kappa shape index (κ2) is 9.61. The first-order valence-electron chi connectivity index (χ1n) is 10.1. The fraction of sp³-hybridized carbons (Fsp3) is 0.0400. The zero-order chi connectivity index (χ0) is 23.2. The first-order chi connectivity index (χ1) is 16.0. The second-order valence-electron chi connectivity index (χ2n) is 7.22. The topological polar surface area (TPSA) is 119 Å². The first-order valence-corrected chi connectivity index (χ1v) is 10.1. The Kier molecular flexibility index (Phi) is 6.26. The molecule has 4 rings (SSSR count). The molecule has 0 bridgehead atoms. The summed E-state index contributed by atoms with van der Waals surface area (Å²) in [6, 6.07) is 22.1. The molecule has 0 radical (unpaired) electrons. The minimum Gasteiger partial charge on any atom is -0.410 e. The van der Waals surface area contributed by atoms with E-state index in [0.29, 0.717) is 22.7 Å². The van der Waals surface area contributed by atoms with Crippen LogP contribution < -0.4 is 21.1 Å². The molecule has 0 fully saturated rings. The lowest BCUT2D eigenvalue weighted by Crippen LogP contribution is -2.18. The van der Waals surface area contributed by atoms with Gasteiger partial charge in [0.2, 0.25) is 5.95 Å². The zero-order valence-corrected chi connectivity index (χ0v) is 17.8. The van der Waals surface area contributed by atoms with Crippen molar-refractivity contribution in [2.24, 2.45) is 0 Å². The van der Waals surface area contributed by atoms with Gasteiger partial charge >= 0.3 is 6.09 Å². The smallest absolute Gasteiger partial charge is 0.410 e. The molecule has 0 atom stereocenters. The van der Waals surface area contributed by atoms with Crippen molar-refractivity contribution < 1.29 is 14.3 Å². The third-order valence-corrected chi connectivity index (χ3v) is 4.83. The molecule has 3 aromatic carbocycles. The van der Waals surface area contributed by atoms with Crippen molar-refractivity contribution in [3.8, 4) is 16.9 Å². The minimum absolute atomic E-state index is 0.114. The fourth-order valence-electron chi connectivity index (χ4n) is 3.14. The molecule has 0 aliphatic heterocycles. The Labute approximate surface area is 190 Å². The summed E-state index contributed by atoms with van der Waals surface area (Å²) >= 11 is 0. The van der Waals surface area contributed by atoms with Crippen LogP contribution in [0.15, 0.2) is 85.2 Å². The van der Waals surface area contributed by atoms with E-state index >= 15 is 0 Å². The van der Waals surface area contributed by atoms with E-state index < -0.39 is 6.09 Å². The fourth-order valence-corrected chi connectivity index (χ4v) is 3.14. The maximum Gasteiger partial charge on any atom is 0.417 e. The molecule has 0 spiro atoms. The highest BCUT2D eigenvalue weighted by molar-refractivity contribution is 6.06. The van der Waals surface area contributed by atoms with Crippen LogP contribution in [-0.4, -0.2) is 22.0 Å². The molecule has 4 aromatic rings. The number of hydrogen-bond acceptors (Lipinski definition) is 6. The van der Waals surface area contributed by atoms with Crippen LogP contribution in [0.1, 0.15) is 15.9 Å². The molecule has 164 valence electrons. The van der Waals surface area contributed by atoms with Gasteiger partial charge in [0.1, 0.15) is 5.75 Å². The molecule has 0 aliphatic carbocycles. The van der Waals surface area contributed by atoms with E-state index in [1.165, 1.54) is 12.4 Å². The lowest BCUT2D eigenvalue weighted by Gasteiger charge is -2.11. The van der Waals surface area contributed by atoms with Gasteiger partial charge in [-0.2, -0.15) is 0 Å². The molecular formula is C25H21N5O3. The van der Waals surface area contributed by atoms with Crippen LogP contribution in [0.25, 0.3) is 11.1 Å². The van der Waals surface area contributed by atoms with Gasteiger partial charge in [-0.1, -0.05) is 48.5 Å². The number of carbonyl (C=O) groups is 2. The number of aromatic nitrogens is 2. The van der Waals surface area contributed by atoms with Crippen molar-refractivity contribution in [1.29, 1.82) is 0 Å². The van der Waals surface area contributed by atoms with Crippen LogP contribution >= 0.6 is 0 Å². The number of benzene rings is 3. The SMILES string of the molecule is Cc1ccc(NC(=O)Oc2ccc(-c3ccccc3)cc2)cc1C(=O)Nc1cnc(N)nc1. The number of amides is 2. The van der Waals surface area contributed by atoms with E-state index in [1.807, 2.05) is 42.5 Å². The Morgan fingerprint density at radius 1 is 0.818 bits per heavy atom. The van der Waals surface area contributed by atoms with Crippen molar-refractivity contribution in [2.75, 3.05) is 16.4 Å². The predicted octanol–water partition coefficient (Wildman–Crippen LogP) is 4.90. The number of nitrogens with one attached hydrogen (secondary N) is 2. The Morgan fingerprint density at radius 2 is 1.48 bits per heavy atom. The van der Waals surface area contributed by atoms with Crippen LogP contribution in [0.3, 0.4) is 0 Å². The van der Waals surface area contributed by atoms with E-state index in [0.717, 1.165) is 16.7 Å². The van der Waals surface area contributed by atoms with Crippen LogP contribution in [0.5, 0.6) is 5.75 Å². The number of aryl methyl sites for hydroxylation is 1. The predicted molar refractivity (Wildman–Crippen MR) is 127 cm³/mol. The van der Waals surface area contributed by atoms with Crippen LogP contribution in [-0.2, 0) is 0 Å². The number of carbonyl (C=O) groups excluding carboxylic acids is 2. The van der Waals surface area contributed by atoms with E-state index in [9.17, 15) is 9.59 Å². The van der Waals surface area contributed by atoms with Crippen LogP contribution in [0, 0.1) is 6.92 Å². The average Bonchev–Trinajstić information content (AvgIpc) is 2.83. The molecule has 1 heterocycles. The Hall–Kier alpha value is -4.72. The van der Waals surface area contributed by atoms with Gasteiger partial charge in [-0.05, 0) is 47.9 Å². The third-order valence-electron chi connectivity index (χ3n) is 4.83. The van der Waals surface area contributed by atoms with Crippen LogP contribution in [0.4, 0.5) is 22.1 Å². The number of hydrogen-bond donors (Lipinski definition) is 3. The monoisotopic (exact) mass is 439 g/mol. The Morgan fingerprint density at radius 3 is 2.18 bits per heavy atom. The first kappa shape index (κ1) is 21.5. The Bertz CT molecular complexity index is 1270. The molecule has 4 N–H and O–H groups in total. The maximum absolute atomic E-state index is 12.7. The lowest BCUT2D eigenvalue weighted by molar-refractivity contribution is 0.102. The van der Waals surface area contributed by atoms with Gasteiger partial charge < -0.3 is 15.8 Å². The van der Waals surface area contributed by atoms with E-state index in [-0.39, 0.29) is 11.9 Å². The number of nitrogen functional groups attached to an aromatic ring is 1. The molecule has 8 heteroatoms. The summed E-state index contributed by atoms with van der Waals surface area (Å²) in [4.78, 5) is 32.7. The minimum atomic E-state index is -0.662. The summed E-state index contributed by atoms with van der Waals surface area (Å²) < 4.78 is 5.37. The summed E-state index contributed by atoms with van der Waals surface area (Å²) in [6.07, 6.45) is 2.17. The molecular weight excluding hydrogens is 418 g/mol. The normalized spacial score (nSPS) is 10.3. The van der Waals surface area contributed by atoms with Gasteiger partial charge in [0, 0.05) is 11.3 Å². The number of rotatable bonds is 5. The quantitative estimate of drug-likeness (QED) is 0.407. The van der Waals surface area contributed by atoms with E-state index in [2.05, 4.69) is 20.6 Å². The number of anilines is 3. The zero-order valence-electron chi connectivity index (χ0n) is 17.8. The Balaban J connectivity index is 1.41. The highest BCUT2D eigenvalue weighted by Crippen LogP contribution is 2.23. The van der Waals surface area contributed by atoms with E-state index in [1.54, 1.807) is 37.3 Å². The molecule has 0 unspecified atom stereocenters. The molecule has 8 nitrogen and oxygen atoms in total. The van der Waals surface area contributed by atoms with Crippen molar-refractivity contribution >= 4 is 29.3 Å². The van der Waals surface area contributed by atoms with Gasteiger partial charge in [0.15, 0.2) is 0 Å². The summed E-state index contributed by atoms with van der Waals surface area (Å²) in [5, 5.41) is 5.35. The van der Waals surface area contributed by atoms with Gasteiger partial charge in [-0.3, -0.25) is 10.1 Å². The largest absolute Gasteiger partial charge is 0.417 e. The van der Waals surface area contributed by atoms with E-state index in [4.69, 9.17) is 10.5 Å². The standard InChI is InChI=1S/C25H21N5O3/c1-16-7-10-19(13-22(16)23(31)29-20-14-27-24(26)28-15-20)30-25(32)33-21-11-8-18(9-12-21)17-5-3-2-4-6-17/h2-15H,1H3,(H,29,31)(H,30,32)(H2,26,27,28). The van der Waals surface area contributed by atoms with Crippen molar-refractivity contribution in [3.63, 3.8) is 0 Å². The van der Waals surface area contributed by atoms with Crippen LogP contribution in [0.2, 0.25) is 0 Å². The number of ether oxygens (including phenoxy) is 1. The number of nitrogens with zero attached hydrogens (tertiary/aromatic N) is 2. The average molecular weight is 439 g/mol.